The molecule has 2 fully saturated rings. The van der Waals surface area contributed by atoms with Gasteiger partial charge in [0.25, 0.3) is 0 Å². The van der Waals surface area contributed by atoms with Crippen LogP contribution in [0, 0.1) is 0 Å². The molecule has 0 radical (unpaired) electrons. The van der Waals surface area contributed by atoms with Crippen molar-refractivity contribution in [2.24, 2.45) is 0 Å². The van der Waals surface area contributed by atoms with Crippen molar-refractivity contribution in [1.29, 1.82) is 0 Å². The van der Waals surface area contributed by atoms with Crippen molar-refractivity contribution < 1.29 is 0 Å². The highest BCUT2D eigenvalue weighted by Gasteiger charge is 2.30. The molecule has 1 aliphatic carbocycles. The molecular weight excluding hydrogens is 144 g/mol. The van der Waals surface area contributed by atoms with Gasteiger partial charge in [-0.15, -0.1) is 0 Å². The molecule has 1 aliphatic heterocycles. The minimum absolute atomic E-state index is 0.946. The lowest BCUT2D eigenvalue weighted by Gasteiger charge is -2.31. The standard InChI is InChI=1S/C7H14N2S/c10-9-5-3-8(4-6-9)7-1-2-7/h7,10H,1-6H2. The van der Waals surface area contributed by atoms with Gasteiger partial charge in [-0.2, -0.15) is 0 Å². The maximum absolute atomic E-state index is 4.30. The zero-order valence-electron chi connectivity index (χ0n) is 6.16. The van der Waals surface area contributed by atoms with E-state index in [0.29, 0.717) is 0 Å². The van der Waals surface area contributed by atoms with Crippen molar-refractivity contribution in [3.63, 3.8) is 0 Å². The number of rotatable bonds is 1. The topological polar surface area (TPSA) is 6.48 Å². The molecule has 1 heterocycles. The van der Waals surface area contributed by atoms with Gasteiger partial charge in [0.2, 0.25) is 0 Å². The highest BCUT2D eigenvalue weighted by molar-refractivity contribution is 7.77. The molecule has 0 bridgehead atoms. The van der Waals surface area contributed by atoms with Crippen LogP contribution in [0.15, 0.2) is 0 Å². The highest BCUT2D eigenvalue weighted by atomic mass is 32.1. The molecule has 0 N–H and O–H groups in total. The van der Waals surface area contributed by atoms with Gasteiger partial charge in [0.1, 0.15) is 0 Å². The second-order valence-electron chi connectivity index (χ2n) is 3.22. The van der Waals surface area contributed by atoms with E-state index in [1.165, 1.54) is 25.9 Å². The molecule has 0 aromatic rings. The Bertz CT molecular complexity index is 117. The fraction of sp³-hybridized carbons (Fsp3) is 1.00. The van der Waals surface area contributed by atoms with Crippen molar-refractivity contribution in [2.45, 2.75) is 18.9 Å². The first-order valence-electron chi connectivity index (χ1n) is 4.04. The van der Waals surface area contributed by atoms with E-state index < -0.39 is 0 Å². The van der Waals surface area contributed by atoms with Crippen molar-refractivity contribution in [1.82, 2.24) is 9.21 Å². The van der Waals surface area contributed by atoms with Gasteiger partial charge < -0.3 is 0 Å². The summed E-state index contributed by atoms with van der Waals surface area (Å²) in [6, 6.07) is 0.946. The van der Waals surface area contributed by atoms with Crippen LogP contribution >= 0.6 is 12.8 Å². The van der Waals surface area contributed by atoms with Gasteiger partial charge in [-0.25, -0.2) is 0 Å². The fourth-order valence-electron chi connectivity index (χ4n) is 1.52. The predicted octanol–water partition coefficient (Wildman–Crippen LogP) is 0.611. The van der Waals surface area contributed by atoms with Crippen LogP contribution in [-0.2, 0) is 0 Å². The van der Waals surface area contributed by atoms with Crippen LogP contribution in [0.3, 0.4) is 0 Å². The van der Waals surface area contributed by atoms with Gasteiger partial charge in [0.15, 0.2) is 0 Å². The second kappa shape index (κ2) is 2.72. The van der Waals surface area contributed by atoms with E-state index in [1.807, 2.05) is 0 Å². The summed E-state index contributed by atoms with van der Waals surface area (Å²) in [6.45, 7) is 4.74. The molecule has 1 saturated carbocycles. The third-order valence-electron chi connectivity index (χ3n) is 2.35. The maximum Gasteiger partial charge on any atom is 0.0216 e. The van der Waals surface area contributed by atoms with Gasteiger partial charge in [-0.05, 0) is 12.8 Å². The minimum Gasteiger partial charge on any atom is -0.298 e. The molecule has 2 rings (SSSR count). The summed E-state index contributed by atoms with van der Waals surface area (Å²) in [7, 11) is 0. The van der Waals surface area contributed by atoms with Crippen LogP contribution in [0.5, 0.6) is 0 Å². The average molecular weight is 158 g/mol. The lowest BCUT2D eigenvalue weighted by molar-refractivity contribution is 0.189. The van der Waals surface area contributed by atoms with Gasteiger partial charge in [-0.3, -0.25) is 9.21 Å². The Kier molecular flexibility index (Phi) is 1.89. The maximum atomic E-state index is 4.30. The zero-order valence-corrected chi connectivity index (χ0v) is 7.06. The van der Waals surface area contributed by atoms with Crippen molar-refractivity contribution in [3.05, 3.63) is 0 Å². The normalized spacial score (nSPS) is 30.9. The second-order valence-corrected chi connectivity index (χ2v) is 3.79. The molecule has 58 valence electrons. The third-order valence-corrected chi connectivity index (χ3v) is 2.75. The third kappa shape index (κ3) is 1.47. The van der Waals surface area contributed by atoms with Gasteiger partial charge in [0, 0.05) is 32.2 Å². The summed E-state index contributed by atoms with van der Waals surface area (Å²) in [4.78, 5) is 2.59. The van der Waals surface area contributed by atoms with E-state index in [9.17, 15) is 0 Å². The zero-order chi connectivity index (χ0) is 6.97. The highest BCUT2D eigenvalue weighted by Crippen LogP contribution is 2.27. The van der Waals surface area contributed by atoms with E-state index in [-0.39, 0.29) is 0 Å². The van der Waals surface area contributed by atoms with Crippen molar-refractivity contribution in [2.75, 3.05) is 26.2 Å². The molecule has 1 saturated heterocycles. The minimum atomic E-state index is 0.946. The molecule has 2 nitrogen and oxygen atoms in total. The van der Waals surface area contributed by atoms with Gasteiger partial charge in [-0.1, -0.05) is 12.8 Å². The largest absolute Gasteiger partial charge is 0.298 e. The Morgan fingerprint density at radius 1 is 1.00 bits per heavy atom. The Hall–Kier alpha value is 0.270. The van der Waals surface area contributed by atoms with Crippen LogP contribution in [0.4, 0.5) is 0 Å². The van der Waals surface area contributed by atoms with Gasteiger partial charge >= 0.3 is 0 Å². The molecule has 0 spiro atoms. The molecular formula is C7H14N2S. The van der Waals surface area contributed by atoms with Crippen LogP contribution in [0.1, 0.15) is 12.8 Å². The summed E-state index contributed by atoms with van der Waals surface area (Å²) in [6.07, 6.45) is 2.87. The Morgan fingerprint density at radius 2 is 1.60 bits per heavy atom. The van der Waals surface area contributed by atoms with E-state index in [2.05, 4.69) is 22.0 Å². The Morgan fingerprint density at radius 3 is 2.10 bits per heavy atom. The molecule has 3 heteroatoms. The SMILES string of the molecule is SN1CCN(C2CC2)CC1. The van der Waals surface area contributed by atoms with Gasteiger partial charge in [0.05, 0.1) is 0 Å². The average Bonchev–Trinajstić information content (AvgIpc) is 2.71. The Labute approximate surface area is 67.7 Å². The molecule has 0 aromatic heterocycles. The number of nitrogens with zero attached hydrogens (tertiary/aromatic N) is 2. The smallest absolute Gasteiger partial charge is 0.0216 e. The van der Waals surface area contributed by atoms with E-state index >= 15 is 0 Å². The number of thiol groups is 1. The van der Waals surface area contributed by atoms with E-state index in [4.69, 9.17) is 0 Å². The first kappa shape index (κ1) is 6.95. The van der Waals surface area contributed by atoms with E-state index in [0.717, 1.165) is 19.1 Å². The Balaban J connectivity index is 1.79. The summed E-state index contributed by atoms with van der Waals surface area (Å²) in [5.74, 6) is 0. The van der Waals surface area contributed by atoms with Crippen LogP contribution in [0.25, 0.3) is 0 Å². The van der Waals surface area contributed by atoms with Crippen LogP contribution in [0.2, 0.25) is 0 Å². The number of piperazine rings is 1. The first-order chi connectivity index (χ1) is 4.86. The first-order valence-corrected chi connectivity index (χ1v) is 4.44. The fourth-order valence-corrected chi connectivity index (χ4v) is 1.70. The number of hydrogen-bond acceptors (Lipinski definition) is 3. The summed E-state index contributed by atoms with van der Waals surface area (Å²) < 4.78 is 2.11. The molecule has 0 amide bonds. The summed E-state index contributed by atoms with van der Waals surface area (Å²) in [5, 5.41) is 0. The lowest BCUT2D eigenvalue weighted by atomic mass is 10.3. The van der Waals surface area contributed by atoms with Crippen LogP contribution < -0.4 is 0 Å². The monoisotopic (exact) mass is 158 g/mol. The van der Waals surface area contributed by atoms with Crippen molar-refractivity contribution >= 4 is 12.8 Å². The van der Waals surface area contributed by atoms with E-state index in [1.54, 1.807) is 0 Å². The van der Waals surface area contributed by atoms with Crippen molar-refractivity contribution in [3.8, 4) is 0 Å². The quantitative estimate of drug-likeness (QED) is 0.559. The molecule has 10 heavy (non-hydrogen) atoms. The molecule has 2 aliphatic rings. The molecule has 0 aromatic carbocycles. The summed E-state index contributed by atoms with van der Waals surface area (Å²) in [5.41, 5.74) is 0. The predicted molar refractivity (Wildman–Crippen MR) is 45.2 cm³/mol. The van der Waals surface area contributed by atoms with Crippen LogP contribution in [-0.4, -0.2) is 41.4 Å². The summed E-state index contributed by atoms with van der Waals surface area (Å²) >= 11 is 4.30. The lowest BCUT2D eigenvalue weighted by Crippen LogP contribution is -2.43. The number of hydrogen-bond donors (Lipinski definition) is 1. The molecule has 0 unspecified atom stereocenters. The molecule has 0 atom stereocenters.